The van der Waals surface area contributed by atoms with Crippen LogP contribution in [0.15, 0.2) is 0 Å². The van der Waals surface area contributed by atoms with Gasteiger partial charge in [-0.2, -0.15) is 0 Å². The Morgan fingerprint density at radius 2 is 1.95 bits per heavy atom. The number of likely N-dealkylation sites (N-methyl/N-ethyl adjacent to an activating group) is 2. The van der Waals surface area contributed by atoms with Gasteiger partial charge in [0.15, 0.2) is 0 Å². The second kappa shape index (κ2) is 6.52. The molecule has 0 aliphatic carbocycles. The summed E-state index contributed by atoms with van der Waals surface area (Å²) in [6, 6.07) is 0.409. The smallest absolute Gasteiger partial charge is 0.216 e. The van der Waals surface area contributed by atoms with E-state index in [1.165, 1.54) is 6.42 Å². The molecule has 0 aromatic heterocycles. The van der Waals surface area contributed by atoms with Crippen molar-refractivity contribution in [2.75, 3.05) is 39.8 Å². The average molecular weight is 289 g/mol. The summed E-state index contributed by atoms with van der Waals surface area (Å²) in [6.45, 7) is 6.58. The molecule has 0 aromatic carbocycles. The highest BCUT2D eigenvalue weighted by atomic mass is 32.2. The van der Waals surface area contributed by atoms with E-state index in [1.54, 1.807) is 11.4 Å². The van der Waals surface area contributed by atoms with Crippen LogP contribution in [0.3, 0.4) is 0 Å². The second-order valence-electron chi connectivity index (χ2n) is 5.70. The van der Waals surface area contributed by atoms with Crippen LogP contribution in [0, 0.1) is 0 Å². The molecule has 2 saturated heterocycles. The van der Waals surface area contributed by atoms with Gasteiger partial charge in [-0.15, -0.1) is 0 Å². The van der Waals surface area contributed by atoms with Crippen LogP contribution in [0.2, 0.25) is 0 Å². The Morgan fingerprint density at radius 1 is 1.26 bits per heavy atom. The normalized spacial score (nSPS) is 27.2. The molecule has 1 N–H and O–H groups in total. The van der Waals surface area contributed by atoms with Crippen LogP contribution >= 0.6 is 0 Å². The Kier molecular flexibility index (Phi) is 5.22. The standard InChI is InChI=1S/C13H27N3O2S/c1-3-16-10-4-5-12(16)11-15(2)19(17,18)13-6-8-14-9-7-13/h12-14H,3-11H2,1-2H3. The molecule has 2 rings (SSSR count). The summed E-state index contributed by atoms with van der Waals surface area (Å²) in [5.41, 5.74) is 0. The monoisotopic (exact) mass is 289 g/mol. The Bertz CT molecular complexity index is 379. The molecule has 1 atom stereocenters. The zero-order chi connectivity index (χ0) is 13.9. The summed E-state index contributed by atoms with van der Waals surface area (Å²) in [5.74, 6) is 0. The topological polar surface area (TPSA) is 52.7 Å². The van der Waals surface area contributed by atoms with Crippen molar-refractivity contribution in [1.82, 2.24) is 14.5 Å². The van der Waals surface area contributed by atoms with E-state index < -0.39 is 10.0 Å². The maximum absolute atomic E-state index is 12.5. The number of hydrogen-bond donors (Lipinski definition) is 1. The van der Waals surface area contributed by atoms with Crippen molar-refractivity contribution in [3.05, 3.63) is 0 Å². The molecule has 0 saturated carbocycles. The summed E-state index contributed by atoms with van der Waals surface area (Å²) in [6.07, 6.45) is 3.81. The van der Waals surface area contributed by atoms with Crippen molar-refractivity contribution >= 4 is 10.0 Å². The molecule has 0 bridgehead atoms. The number of sulfonamides is 1. The quantitative estimate of drug-likeness (QED) is 0.800. The molecule has 0 spiro atoms. The van der Waals surface area contributed by atoms with Gasteiger partial charge in [-0.05, 0) is 51.9 Å². The van der Waals surface area contributed by atoms with E-state index in [-0.39, 0.29) is 5.25 Å². The molecule has 2 heterocycles. The largest absolute Gasteiger partial charge is 0.317 e. The molecule has 2 fully saturated rings. The van der Waals surface area contributed by atoms with Gasteiger partial charge in [-0.25, -0.2) is 12.7 Å². The fourth-order valence-corrected chi connectivity index (χ4v) is 4.99. The van der Waals surface area contributed by atoms with Gasteiger partial charge in [0.2, 0.25) is 10.0 Å². The highest BCUT2D eigenvalue weighted by Gasteiger charge is 2.33. The minimum absolute atomic E-state index is 0.185. The molecule has 6 heteroatoms. The van der Waals surface area contributed by atoms with E-state index in [0.29, 0.717) is 12.6 Å². The lowest BCUT2D eigenvalue weighted by Crippen LogP contribution is -2.46. The highest BCUT2D eigenvalue weighted by molar-refractivity contribution is 7.89. The first-order valence-electron chi connectivity index (χ1n) is 7.45. The number of nitrogens with zero attached hydrogens (tertiary/aromatic N) is 2. The molecule has 5 nitrogen and oxygen atoms in total. The molecule has 1 unspecified atom stereocenters. The first-order chi connectivity index (χ1) is 9.05. The second-order valence-corrected chi connectivity index (χ2v) is 8.02. The van der Waals surface area contributed by atoms with E-state index in [0.717, 1.165) is 45.4 Å². The first kappa shape index (κ1) is 15.2. The Hall–Kier alpha value is -0.170. The van der Waals surface area contributed by atoms with E-state index in [9.17, 15) is 8.42 Å². The molecular formula is C13H27N3O2S. The van der Waals surface area contributed by atoms with Gasteiger partial charge < -0.3 is 5.32 Å². The Balaban J connectivity index is 1.95. The van der Waals surface area contributed by atoms with E-state index in [4.69, 9.17) is 0 Å². The zero-order valence-corrected chi connectivity index (χ0v) is 13.0. The summed E-state index contributed by atoms with van der Waals surface area (Å²) >= 11 is 0. The molecule has 2 aliphatic heterocycles. The third-order valence-electron chi connectivity index (χ3n) is 4.51. The van der Waals surface area contributed by atoms with Crippen molar-refractivity contribution in [1.29, 1.82) is 0 Å². The minimum atomic E-state index is -3.11. The fourth-order valence-electron chi connectivity index (χ4n) is 3.27. The van der Waals surface area contributed by atoms with Crippen LogP contribution in [-0.4, -0.2) is 68.7 Å². The van der Waals surface area contributed by atoms with Gasteiger partial charge in [0.05, 0.1) is 5.25 Å². The van der Waals surface area contributed by atoms with Gasteiger partial charge in [-0.1, -0.05) is 6.92 Å². The fraction of sp³-hybridized carbons (Fsp3) is 1.00. The van der Waals surface area contributed by atoms with E-state index in [2.05, 4.69) is 17.1 Å². The van der Waals surface area contributed by atoms with Crippen LogP contribution in [-0.2, 0) is 10.0 Å². The average Bonchev–Trinajstić information content (AvgIpc) is 2.87. The van der Waals surface area contributed by atoms with Crippen molar-refractivity contribution in [3.8, 4) is 0 Å². The van der Waals surface area contributed by atoms with Crippen molar-refractivity contribution in [3.63, 3.8) is 0 Å². The lowest BCUT2D eigenvalue weighted by Gasteiger charge is -2.31. The summed E-state index contributed by atoms with van der Waals surface area (Å²) in [4.78, 5) is 2.40. The first-order valence-corrected chi connectivity index (χ1v) is 8.96. The molecule has 19 heavy (non-hydrogen) atoms. The number of nitrogens with one attached hydrogen (secondary N) is 1. The van der Waals surface area contributed by atoms with E-state index in [1.807, 2.05) is 0 Å². The van der Waals surface area contributed by atoms with Gasteiger partial charge >= 0.3 is 0 Å². The molecule has 0 radical (unpaired) electrons. The van der Waals surface area contributed by atoms with Gasteiger partial charge in [0.25, 0.3) is 0 Å². The Morgan fingerprint density at radius 3 is 2.58 bits per heavy atom. The minimum Gasteiger partial charge on any atom is -0.317 e. The third-order valence-corrected chi connectivity index (χ3v) is 6.85. The molecular weight excluding hydrogens is 262 g/mol. The van der Waals surface area contributed by atoms with Crippen LogP contribution in [0.25, 0.3) is 0 Å². The predicted molar refractivity (Wildman–Crippen MR) is 77.7 cm³/mol. The van der Waals surface area contributed by atoms with Crippen LogP contribution in [0.1, 0.15) is 32.6 Å². The predicted octanol–water partition coefficient (Wildman–Crippen LogP) is 0.484. The third kappa shape index (κ3) is 3.48. The maximum Gasteiger partial charge on any atom is 0.216 e. The Labute approximate surface area is 117 Å². The van der Waals surface area contributed by atoms with Crippen LogP contribution in [0.4, 0.5) is 0 Å². The van der Waals surface area contributed by atoms with Crippen molar-refractivity contribution < 1.29 is 8.42 Å². The number of hydrogen-bond acceptors (Lipinski definition) is 4. The lowest BCUT2D eigenvalue weighted by atomic mass is 10.2. The molecule has 112 valence electrons. The number of piperidine rings is 1. The zero-order valence-electron chi connectivity index (χ0n) is 12.1. The molecule has 2 aliphatic rings. The summed E-state index contributed by atoms with van der Waals surface area (Å²) < 4.78 is 26.7. The number of likely N-dealkylation sites (tertiary alicyclic amines) is 1. The van der Waals surface area contributed by atoms with E-state index >= 15 is 0 Å². The van der Waals surface area contributed by atoms with Gasteiger partial charge in [0, 0.05) is 19.6 Å². The van der Waals surface area contributed by atoms with Crippen LogP contribution in [0.5, 0.6) is 0 Å². The lowest BCUT2D eigenvalue weighted by molar-refractivity contribution is 0.236. The summed E-state index contributed by atoms with van der Waals surface area (Å²) in [7, 11) is -1.36. The molecule has 0 amide bonds. The maximum atomic E-state index is 12.5. The summed E-state index contributed by atoms with van der Waals surface area (Å²) in [5, 5.41) is 3.04. The SMILES string of the molecule is CCN1CCCC1CN(C)S(=O)(=O)C1CCNCC1. The van der Waals surface area contributed by atoms with Crippen molar-refractivity contribution in [2.24, 2.45) is 0 Å². The molecule has 0 aromatic rings. The highest BCUT2D eigenvalue weighted by Crippen LogP contribution is 2.21. The van der Waals surface area contributed by atoms with Gasteiger partial charge in [0.1, 0.15) is 0 Å². The number of rotatable bonds is 5. The van der Waals surface area contributed by atoms with Crippen LogP contribution < -0.4 is 5.32 Å². The van der Waals surface area contributed by atoms with Gasteiger partial charge in [-0.3, -0.25) is 4.90 Å². The van der Waals surface area contributed by atoms with Crippen molar-refractivity contribution in [2.45, 2.75) is 43.9 Å².